The molecule has 27 heavy (non-hydrogen) atoms. The van der Waals surface area contributed by atoms with E-state index in [0.717, 1.165) is 58.0 Å². The zero-order valence-corrected chi connectivity index (χ0v) is 17.9. The topological polar surface area (TPSA) is 49.8 Å². The van der Waals surface area contributed by atoms with E-state index in [1.807, 2.05) is 0 Å². The molecule has 0 aromatic carbocycles. The van der Waals surface area contributed by atoms with Gasteiger partial charge in [-0.2, -0.15) is 0 Å². The number of alkyl halides is 1. The molecule has 1 heterocycles. The van der Waals surface area contributed by atoms with Crippen LogP contribution in [0, 0.1) is 5.41 Å². The lowest BCUT2D eigenvalue weighted by Crippen LogP contribution is -2.41. The van der Waals surface area contributed by atoms with Crippen LogP contribution in [-0.4, -0.2) is 53.7 Å². The van der Waals surface area contributed by atoms with E-state index in [4.69, 9.17) is 11.6 Å². The second-order valence-electron chi connectivity index (χ2n) is 8.31. The summed E-state index contributed by atoms with van der Waals surface area (Å²) in [7, 11) is 1.43. The lowest BCUT2D eigenvalue weighted by Gasteiger charge is -2.45. The molecule has 2 aliphatic rings. The van der Waals surface area contributed by atoms with Crippen molar-refractivity contribution in [2.45, 2.75) is 95.1 Å². The number of carbonyl (C=O) groups excluding carboxylic acids is 1. The zero-order valence-electron chi connectivity index (χ0n) is 17.2. The second kappa shape index (κ2) is 11.4. The zero-order chi connectivity index (χ0) is 19.7. The molecular formula is C22H38ClNO3. The summed E-state index contributed by atoms with van der Waals surface area (Å²) in [5, 5.41) is 10.8. The third kappa shape index (κ3) is 6.47. The molecule has 1 unspecified atom stereocenters. The standard InChI is InChI=1S/C22H38ClNO3/c1-3-22(14-9-15-22)20(25)11-8-16-24-17-13-18(23)19(24)10-6-4-5-7-12-21(26)27-2/h4,6,18-20,25H,3,5,7-17H2,1-2H3/t18-,19+,20?/m1/s1. The van der Waals surface area contributed by atoms with E-state index >= 15 is 0 Å². The van der Waals surface area contributed by atoms with E-state index in [2.05, 4.69) is 28.7 Å². The number of carbonyl (C=O) groups is 1. The average molecular weight is 400 g/mol. The molecule has 1 aliphatic carbocycles. The average Bonchev–Trinajstić information content (AvgIpc) is 2.97. The molecule has 0 radical (unpaired) electrons. The molecule has 4 nitrogen and oxygen atoms in total. The summed E-state index contributed by atoms with van der Waals surface area (Å²) in [6, 6.07) is 0.393. The van der Waals surface area contributed by atoms with E-state index in [-0.39, 0.29) is 22.9 Å². The molecule has 1 aliphatic heterocycles. The lowest BCUT2D eigenvalue weighted by molar-refractivity contribution is -0.140. The van der Waals surface area contributed by atoms with Crippen LogP contribution >= 0.6 is 11.6 Å². The summed E-state index contributed by atoms with van der Waals surface area (Å²) >= 11 is 6.56. The monoisotopic (exact) mass is 399 g/mol. The van der Waals surface area contributed by atoms with Crippen LogP contribution in [-0.2, 0) is 9.53 Å². The number of unbranched alkanes of at least 4 members (excludes halogenated alkanes) is 1. The third-order valence-corrected chi connectivity index (χ3v) is 7.29. The number of ether oxygens (including phenoxy) is 1. The van der Waals surface area contributed by atoms with Crippen molar-refractivity contribution >= 4 is 17.6 Å². The number of nitrogens with zero attached hydrogens (tertiary/aromatic N) is 1. The molecule has 2 rings (SSSR count). The van der Waals surface area contributed by atoms with E-state index < -0.39 is 0 Å². The van der Waals surface area contributed by atoms with Gasteiger partial charge in [-0.1, -0.05) is 25.5 Å². The van der Waals surface area contributed by atoms with Gasteiger partial charge in [0.05, 0.1) is 18.6 Å². The Morgan fingerprint density at radius 1 is 1.37 bits per heavy atom. The fourth-order valence-corrected chi connectivity index (χ4v) is 4.98. The fourth-order valence-electron chi connectivity index (χ4n) is 4.62. The molecule has 1 N–H and O–H groups in total. The van der Waals surface area contributed by atoms with E-state index in [1.165, 1.54) is 26.4 Å². The quantitative estimate of drug-likeness (QED) is 0.224. The van der Waals surface area contributed by atoms with E-state index in [1.54, 1.807) is 0 Å². The van der Waals surface area contributed by atoms with E-state index in [9.17, 15) is 9.90 Å². The number of hydrogen-bond donors (Lipinski definition) is 1. The van der Waals surface area contributed by atoms with Gasteiger partial charge in [0, 0.05) is 12.5 Å². The first-order chi connectivity index (χ1) is 13.0. The number of aliphatic hydroxyl groups is 1. The molecule has 0 bridgehead atoms. The summed E-state index contributed by atoms with van der Waals surface area (Å²) < 4.78 is 4.65. The maximum Gasteiger partial charge on any atom is 0.305 e. The maximum absolute atomic E-state index is 11.1. The van der Waals surface area contributed by atoms with Gasteiger partial charge in [0.15, 0.2) is 0 Å². The summed E-state index contributed by atoms with van der Waals surface area (Å²) in [4.78, 5) is 13.6. The van der Waals surface area contributed by atoms with Crippen molar-refractivity contribution in [3.8, 4) is 0 Å². The van der Waals surface area contributed by atoms with Crippen LogP contribution in [0.4, 0.5) is 0 Å². The van der Waals surface area contributed by atoms with Gasteiger partial charge in [-0.15, -0.1) is 11.6 Å². The highest BCUT2D eigenvalue weighted by Gasteiger charge is 2.41. The minimum absolute atomic E-state index is 0.139. The van der Waals surface area contributed by atoms with Gasteiger partial charge in [-0.05, 0) is 76.3 Å². The van der Waals surface area contributed by atoms with Crippen LogP contribution in [0.25, 0.3) is 0 Å². The van der Waals surface area contributed by atoms with Crippen LogP contribution < -0.4 is 0 Å². The summed E-state index contributed by atoms with van der Waals surface area (Å²) in [6.45, 7) is 4.31. The van der Waals surface area contributed by atoms with E-state index in [0.29, 0.717) is 12.5 Å². The molecule has 156 valence electrons. The Balaban J connectivity index is 1.67. The highest BCUT2D eigenvalue weighted by atomic mass is 35.5. The molecular weight excluding hydrogens is 362 g/mol. The second-order valence-corrected chi connectivity index (χ2v) is 8.87. The molecule has 0 spiro atoms. The predicted octanol–water partition coefficient (Wildman–Crippen LogP) is 4.68. The molecule has 3 atom stereocenters. The number of allylic oxidation sites excluding steroid dienone is 1. The minimum atomic E-state index is -0.140. The number of hydrogen-bond acceptors (Lipinski definition) is 4. The smallest absolute Gasteiger partial charge is 0.305 e. The Hall–Kier alpha value is -0.580. The van der Waals surface area contributed by atoms with Crippen molar-refractivity contribution in [2.24, 2.45) is 5.41 Å². The first-order valence-corrected chi connectivity index (χ1v) is 11.2. The van der Waals surface area contributed by atoms with Crippen LogP contribution in [0.2, 0.25) is 0 Å². The molecule has 1 saturated carbocycles. The van der Waals surface area contributed by atoms with Crippen molar-refractivity contribution < 1.29 is 14.6 Å². The predicted molar refractivity (Wildman–Crippen MR) is 111 cm³/mol. The van der Waals surface area contributed by atoms with Crippen LogP contribution in [0.15, 0.2) is 12.2 Å². The maximum atomic E-state index is 11.1. The van der Waals surface area contributed by atoms with Crippen molar-refractivity contribution in [3.63, 3.8) is 0 Å². The molecule has 5 heteroatoms. The number of likely N-dealkylation sites (tertiary alicyclic amines) is 1. The Kier molecular flexibility index (Phi) is 9.61. The summed E-state index contributed by atoms with van der Waals surface area (Å²) in [5.74, 6) is -0.139. The van der Waals surface area contributed by atoms with Crippen molar-refractivity contribution in [3.05, 3.63) is 12.2 Å². The molecule has 0 amide bonds. The lowest BCUT2D eigenvalue weighted by atomic mass is 9.62. The number of esters is 1. The third-order valence-electron chi connectivity index (χ3n) is 6.79. The first-order valence-electron chi connectivity index (χ1n) is 10.8. The molecule has 1 saturated heterocycles. The number of aliphatic hydroxyl groups excluding tert-OH is 1. The summed E-state index contributed by atoms with van der Waals surface area (Å²) in [5.41, 5.74) is 0.215. The Labute approximate surface area is 170 Å². The fraction of sp³-hybridized carbons (Fsp3) is 0.864. The van der Waals surface area contributed by atoms with Gasteiger partial charge in [-0.25, -0.2) is 0 Å². The van der Waals surface area contributed by atoms with Crippen molar-refractivity contribution in [1.29, 1.82) is 0 Å². The number of rotatable bonds is 12. The Morgan fingerprint density at radius 2 is 2.15 bits per heavy atom. The van der Waals surface area contributed by atoms with Crippen molar-refractivity contribution in [2.75, 3.05) is 20.2 Å². The highest BCUT2D eigenvalue weighted by Crippen LogP contribution is 2.47. The van der Waals surface area contributed by atoms with Crippen LogP contribution in [0.3, 0.4) is 0 Å². The summed E-state index contributed by atoms with van der Waals surface area (Å²) in [6.07, 6.45) is 15.2. The van der Waals surface area contributed by atoms with Crippen LogP contribution in [0.5, 0.6) is 0 Å². The first kappa shape index (κ1) is 22.7. The van der Waals surface area contributed by atoms with Gasteiger partial charge < -0.3 is 9.84 Å². The van der Waals surface area contributed by atoms with Gasteiger partial charge in [-0.3, -0.25) is 9.69 Å². The normalized spacial score (nSPS) is 26.2. The Morgan fingerprint density at radius 3 is 2.78 bits per heavy atom. The Bertz CT molecular complexity index is 473. The minimum Gasteiger partial charge on any atom is -0.469 e. The molecule has 0 aromatic heterocycles. The van der Waals surface area contributed by atoms with Gasteiger partial charge in [0.25, 0.3) is 0 Å². The van der Waals surface area contributed by atoms with Crippen LogP contribution in [0.1, 0.15) is 77.6 Å². The van der Waals surface area contributed by atoms with Crippen molar-refractivity contribution in [1.82, 2.24) is 4.90 Å². The van der Waals surface area contributed by atoms with Gasteiger partial charge >= 0.3 is 5.97 Å². The number of methoxy groups -OCH3 is 1. The number of halogens is 1. The largest absolute Gasteiger partial charge is 0.469 e. The SMILES string of the molecule is CCC1(C(O)CCCN2CC[C@@H](Cl)[C@@H]2CC=CCCCC(=O)OC)CCC1. The molecule has 2 fully saturated rings. The van der Waals surface area contributed by atoms with Gasteiger partial charge in [0.2, 0.25) is 0 Å². The highest BCUT2D eigenvalue weighted by molar-refractivity contribution is 6.21. The molecule has 0 aromatic rings. The van der Waals surface area contributed by atoms with Gasteiger partial charge in [0.1, 0.15) is 0 Å².